The van der Waals surface area contributed by atoms with Crippen LogP contribution in [0.2, 0.25) is 0 Å². The average Bonchev–Trinajstić information content (AvgIpc) is 2.74. The van der Waals surface area contributed by atoms with Crippen molar-refractivity contribution in [1.29, 1.82) is 5.26 Å². The molecular formula is C22H24FN3O3S. The highest BCUT2D eigenvalue weighted by Crippen LogP contribution is 2.21. The lowest BCUT2D eigenvalue weighted by Gasteiger charge is -2.23. The van der Waals surface area contributed by atoms with E-state index in [9.17, 15) is 17.6 Å². The normalized spacial score (nSPS) is 11.2. The van der Waals surface area contributed by atoms with Crippen molar-refractivity contribution in [3.63, 3.8) is 0 Å². The summed E-state index contributed by atoms with van der Waals surface area (Å²) >= 11 is 0. The summed E-state index contributed by atoms with van der Waals surface area (Å²) in [4.78, 5) is 14.3. The molecular weight excluding hydrogens is 405 g/mol. The summed E-state index contributed by atoms with van der Waals surface area (Å²) in [6.07, 6.45) is 1.51. The molecule has 8 heteroatoms. The van der Waals surface area contributed by atoms with Gasteiger partial charge in [-0.25, -0.2) is 12.8 Å². The van der Waals surface area contributed by atoms with Crippen molar-refractivity contribution in [3.05, 3.63) is 77.6 Å². The lowest BCUT2D eigenvalue weighted by Crippen LogP contribution is -2.33. The third-order valence-electron chi connectivity index (χ3n) is 4.60. The summed E-state index contributed by atoms with van der Waals surface area (Å²) in [5, 5.41) is 8.91. The number of carbonyl (C=O) groups is 1. The van der Waals surface area contributed by atoms with Crippen molar-refractivity contribution in [2.24, 2.45) is 0 Å². The van der Waals surface area contributed by atoms with Crippen LogP contribution in [-0.2, 0) is 16.6 Å². The van der Waals surface area contributed by atoms with Gasteiger partial charge in [-0.1, -0.05) is 32.1 Å². The summed E-state index contributed by atoms with van der Waals surface area (Å²) < 4.78 is 41.3. The Morgan fingerprint density at radius 1 is 1.17 bits per heavy atom. The zero-order valence-electron chi connectivity index (χ0n) is 17.0. The van der Waals surface area contributed by atoms with Gasteiger partial charge in [0, 0.05) is 26.2 Å². The summed E-state index contributed by atoms with van der Waals surface area (Å²) in [5.41, 5.74) is 0.913. The van der Waals surface area contributed by atoms with Crippen LogP contribution in [0.1, 0.15) is 35.3 Å². The Labute approximate surface area is 176 Å². The largest absolute Gasteiger partial charge is 0.331 e. The van der Waals surface area contributed by atoms with Gasteiger partial charge in [-0.3, -0.25) is 4.79 Å². The van der Waals surface area contributed by atoms with Gasteiger partial charge in [-0.15, -0.1) is 6.58 Å². The fourth-order valence-corrected chi connectivity index (χ4v) is 4.48. The summed E-state index contributed by atoms with van der Waals surface area (Å²) in [7, 11) is -3.83. The molecule has 2 rings (SSSR count). The van der Waals surface area contributed by atoms with Crippen molar-refractivity contribution < 1.29 is 17.6 Å². The lowest BCUT2D eigenvalue weighted by molar-refractivity contribution is 0.0757. The van der Waals surface area contributed by atoms with E-state index in [2.05, 4.69) is 6.58 Å². The molecule has 0 aliphatic rings. The lowest BCUT2D eigenvalue weighted by atomic mass is 10.1. The molecule has 0 fully saturated rings. The molecule has 1 amide bonds. The molecule has 30 heavy (non-hydrogen) atoms. The van der Waals surface area contributed by atoms with Gasteiger partial charge in [0.1, 0.15) is 5.82 Å². The van der Waals surface area contributed by atoms with Gasteiger partial charge >= 0.3 is 0 Å². The maximum absolute atomic E-state index is 14.5. The molecule has 0 aliphatic carbocycles. The number of hydrogen-bond acceptors (Lipinski definition) is 4. The molecule has 0 heterocycles. The fourth-order valence-electron chi connectivity index (χ4n) is 2.99. The first-order valence-corrected chi connectivity index (χ1v) is 10.9. The molecule has 158 valence electrons. The smallest absolute Gasteiger partial charge is 0.257 e. The quantitative estimate of drug-likeness (QED) is 0.571. The van der Waals surface area contributed by atoms with Crippen molar-refractivity contribution in [2.75, 3.05) is 19.6 Å². The molecule has 0 spiro atoms. The second-order valence-corrected chi connectivity index (χ2v) is 8.45. The highest BCUT2D eigenvalue weighted by atomic mass is 32.2. The molecule has 0 aromatic heterocycles. The Bertz CT molecular complexity index is 1060. The molecule has 0 aliphatic heterocycles. The van der Waals surface area contributed by atoms with Crippen LogP contribution < -0.4 is 0 Å². The average molecular weight is 430 g/mol. The number of carbonyl (C=O) groups excluding carboxylic acids is 1. The van der Waals surface area contributed by atoms with Crippen molar-refractivity contribution in [2.45, 2.75) is 25.3 Å². The van der Waals surface area contributed by atoms with Gasteiger partial charge in [-0.05, 0) is 35.9 Å². The van der Waals surface area contributed by atoms with Crippen LogP contribution in [0.4, 0.5) is 4.39 Å². The summed E-state index contributed by atoms with van der Waals surface area (Å²) in [6, 6.07) is 11.9. The van der Waals surface area contributed by atoms with E-state index in [1.807, 2.05) is 6.07 Å². The highest BCUT2D eigenvalue weighted by molar-refractivity contribution is 7.89. The first-order valence-electron chi connectivity index (χ1n) is 9.47. The Balaban J connectivity index is 2.40. The number of nitrogens with zero attached hydrogens (tertiary/aromatic N) is 3. The minimum Gasteiger partial charge on any atom is -0.331 e. The molecule has 0 atom stereocenters. The summed E-state index contributed by atoms with van der Waals surface area (Å²) in [6.45, 7) is 7.88. The predicted octanol–water partition coefficient (Wildman–Crippen LogP) is 3.56. The highest BCUT2D eigenvalue weighted by Gasteiger charge is 2.26. The first-order chi connectivity index (χ1) is 14.3. The summed E-state index contributed by atoms with van der Waals surface area (Å²) in [5.74, 6) is -1.44. The van der Waals surface area contributed by atoms with Gasteiger partial charge in [0.25, 0.3) is 5.91 Å². The van der Waals surface area contributed by atoms with E-state index in [1.54, 1.807) is 38.1 Å². The van der Waals surface area contributed by atoms with Crippen LogP contribution in [0, 0.1) is 17.1 Å². The predicted molar refractivity (Wildman–Crippen MR) is 113 cm³/mol. The maximum atomic E-state index is 14.5. The number of halogens is 1. The van der Waals surface area contributed by atoms with E-state index in [4.69, 9.17) is 5.26 Å². The van der Waals surface area contributed by atoms with Crippen LogP contribution in [0.5, 0.6) is 0 Å². The van der Waals surface area contributed by atoms with E-state index in [0.717, 1.165) is 23.8 Å². The third kappa shape index (κ3) is 5.12. The van der Waals surface area contributed by atoms with Crippen LogP contribution in [-0.4, -0.2) is 43.2 Å². The van der Waals surface area contributed by atoms with Crippen molar-refractivity contribution in [1.82, 2.24) is 9.21 Å². The standard InChI is InChI=1S/C22H24FN3O3S/c1-4-13-25(16-18-9-7-17(15-24)8-10-18)22(27)20-14-19(11-12-21(20)23)30(28,29)26(5-2)6-3/h4,7-12,14H,1,5-6,13,16H2,2-3H3. The second kappa shape index (κ2) is 10.1. The van der Waals surface area contributed by atoms with Crippen LogP contribution >= 0.6 is 0 Å². The molecule has 0 bridgehead atoms. The zero-order valence-corrected chi connectivity index (χ0v) is 17.8. The van der Waals surface area contributed by atoms with Gasteiger partial charge < -0.3 is 4.90 Å². The van der Waals surface area contributed by atoms with Crippen molar-refractivity contribution >= 4 is 15.9 Å². The molecule has 0 saturated carbocycles. The number of nitriles is 1. The Morgan fingerprint density at radius 2 is 1.80 bits per heavy atom. The Hall–Kier alpha value is -3.02. The molecule has 0 radical (unpaired) electrons. The first kappa shape index (κ1) is 23.3. The third-order valence-corrected chi connectivity index (χ3v) is 6.65. The topological polar surface area (TPSA) is 81.5 Å². The molecule has 0 N–H and O–H groups in total. The number of sulfonamides is 1. The molecule has 0 saturated heterocycles. The molecule has 2 aromatic rings. The zero-order chi connectivity index (χ0) is 22.3. The van der Waals surface area contributed by atoms with E-state index in [-0.39, 0.29) is 36.6 Å². The minimum atomic E-state index is -3.83. The van der Waals surface area contributed by atoms with Gasteiger partial charge in [-0.2, -0.15) is 9.57 Å². The van der Waals surface area contributed by atoms with E-state index in [1.165, 1.54) is 15.3 Å². The SMILES string of the molecule is C=CCN(Cc1ccc(C#N)cc1)C(=O)c1cc(S(=O)(=O)N(CC)CC)ccc1F. The minimum absolute atomic E-state index is 0.132. The number of rotatable bonds is 9. The second-order valence-electron chi connectivity index (χ2n) is 6.51. The van der Waals surface area contributed by atoms with E-state index >= 15 is 0 Å². The number of amides is 1. The van der Waals surface area contributed by atoms with Crippen LogP contribution in [0.25, 0.3) is 0 Å². The van der Waals surface area contributed by atoms with Gasteiger partial charge in [0.15, 0.2) is 0 Å². The Kier molecular flexibility index (Phi) is 7.86. The van der Waals surface area contributed by atoms with Crippen LogP contribution in [0.15, 0.2) is 60.0 Å². The number of hydrogen-bond donors (Lipinski definition) is 0. The van der Waals surface area contributed by atoms with E-state index < -0.39 is 21.7 Å². The molecule has 0 unspecified atom stereocenters. The van der Waals surface area contributed by atoms with Crippen molar-refractivity contribution in [3.8, 4) is 6.07 Å². The monoisotopic (exact) mass is 429 g/mol. The van der Waals surface area contributed by atoms with Crippen LogP contribution in [0.3, 0.4) is 0 Å². The molecule has 6 nitrogen and oxygen atoms in total. The molecule has 2 aromatic carbocycles. The fraction of sp³-hybridized carbons (Fsp3) is 0.273. The van der Waals surface area contributed by atoms with Gasteiger partial charge in [0.2, 0.25) is 10.0 Å². The van der Waals surface area contributed by atoms with E-state index in [0.29, 0.717) is 5.56 Å². The number of benzene rings is 2. The maximum Gasteiger partial charge on any atom is 0.257 e. The Morgan fingerprint density at radius 3 is 2.33 bits per heavy atom. The van der Waals surface area contributed by atoms with Gasteiger partial charge in [0.05, 0.1) is 22.1 Å².